The highest BCUT2D eigenvalue weighted by atomic mass is 32.2. The smallest absolute Gasteiger partial charge is 0.245 e. The van der Waals surface area contributed by atoms with E-state index in [-0.39, 0.29) is 6.54 Å². The molecule has 0 bridgehead atoms. The maximum atomic E-state index is 10.9. The van der Waals surface area contributed by atoms with Gasteiger partial charge in [-0.1, -0.05) is 18.2 Å². The average molecular weight is 478 g/mol. The van der Waals surface area contributed by atoms with Gasteiger partial charge in [-0.05, 0) is 55.1 Å². The number of nitrogens with zero attached hydrogens (tertiary/aromatic N) is 5. The number of aromatic nitrogens is 3. The number of fused-ring (bicyclic) bond motifs is 1. The molecule has 1 fully saturated rings. The van der Waals surface area contributed by atoms with E-state index >= 15 is 0 Å². The summed E-state index contributed by atoms with van der Waals surface area (Å²) in [6, 6.07) is 20.0. The first kappa shape index (κ1) is 22.3. The second-order valence-electron chi connectivity index (χ2n) is 8.39. The summed E-state index contributed by atoms with van der Waals surface area (Å²) >= 11 is 0. The molecular weight excluding hydrogens is 450 g/mol. The SMILES string of the molecule is CN1CCN(c2ccc(Nc3ncc4ccc(-c5cccc(CN[SH](=O)=O)c5)n4n3)cc2)CC1. The summed E-state index contributed by atoms with van der Waals surface area (Å²) in [4.78, 5) is 9.21. The summed E-state index contributed by atoms with van der Waals surface area (Å²) in [5.41, 5.74) is 5.74. The third-order valence-corrected chi connectivity index (χ3v) is 6.44. The van der Waals surface area contributed by atoms with Crippen LogP contribution >= 0.6 is 0 Å². The number of nitrogens with one attached hydrogen (secondary N) is 2. The van der Waals surface area contributed by atoms with Crippen molar-refractivity contribution in [3.8, 4) is 11.3 Å². The first-order valence-electron chi connectivity index (χ1n) is 11.2. The Morgan fingerprint density at radius 3 is 2.53 bits per heavy atom. The van der Waals surface area contributed by atoms with Crippen LogP contribution in [0.2, 0.25) is 0 Å². The summed E-state index contributed by atoms with van der Waals surface area (Å²) in [7, 11) is -0.476. The molecule has 0 saturated carbocycles. The van der Waals surface area contributed by atoms with Gasteiger partial charge in [0.15, 0.2) is 0 Å². The zero-order valence-corrected chi connectivity index (χ0v) is 19.8. The summed E-state index contributed by atoms with van der Waals surface area (Å²) < 4.78 is 26.0. The van der Waals surface area contributed by atoms with Crippen LogP contribution in [-0.4, -0.2) is 61.1 Å². The molecule has 4 aromatic rings. The van der Waals surface area contributed by atoms with Crippen molar-refractivity contribution in [3.05, 3.63) is 72.4 Å². The molecule has 9 nitrogen and oxygen atoms in total. The number of likely N-dealkylation sites (N-methyl/N-ethyl adjacent to an activating group) is 1. The zero-order chi connectivity index (χ0) is 23.5. The van der Waals surface area contributed by atoms with E-state index in [9.17, 15) is 8.42 Å². The van der Waals surface area contributed by atoms with Crippen LogP contribution in [-0.2, 0) is 17.4 Å². The van der Waals surface area contributed by atoms with E-state index in [1.165, 1.54) is 5.69 Å². The highest BCUT2D eigenvalue weighted by Gasteiger charge is 2.14. The van der Waals surface area contributed by atoms with Crippen LogP contribution in [0.5, 0.6) is 0 Å². The Labute approximate surface area is 200 Å². The van der Waals surface area contributed by atoms with Crippen LogP contribution in [0.3, 0.4) is 0 Å². The van der Waals surface area contributed by atoms with E-state index in [1.54, 1.807) is 6.20 Å². The first-order chi connectivity index (χ1) is 16.5. The van der Waals surface area contributed by atoms with Crippen LogP contribution in [0.15, 0.2) is 66.9 Å². The average Bonchev–Trinajstić information content (AvgIpc) is 3.27. The lowest BCUT2D eigenvalue weighted by atomic mass is 10.1. The Kier molecular flexibility index (Phi) is 6.43. The molecule has 34 heavy (non-hydrogen) atoms. The summed E-state index contributed by atoms with van der Waals surface area (Å²) in [5, 5.41) is 8.00. The number of benzene rings is 2. The quantitative estimate of drug-likeness (QED) is 0.352. The zero-order valence-electron chi connectivity index (χ0n) is 18.9. The van der Waals surface area contributed by atoms with Crippen molar-refractivity contribution in [2.24, 2.45) is 0 Å². The first-order valence-corrected chi connectivity index (χ1v) is 12.4. The Hall–Kier alpha value is -3.47. The number of hydrogen-bond donors (Lipinski definition) is 3. The van der Waals surface area contributed by atoms with Crippen molar-refractivity contribution in [1.29, 1.82) is 0 Å². The minimum Gasteiger partial charge on any atom is -0.369 e. The number of anilines is 3. The minimum absolute atomic E-state index is 0.252. The van der Waals surface area contributed by atoms with E-state index < -0.39 is 10.9 Å². The van der Waals surface area contributed by atoms with Crippen LogP contribution in [0.1, 0.15) is 5.56 Å². The third kappa shape index (κ3) is 5.04. The Bertz CT molecular complexity index is 1350. The summed E-state index contributed by atoms with van der Waals surface area (Å²) in [6.45, 7) is 4.47. The molecule has 2 aromatic carbocycles. The fraction of sp³-hybridized carbons (Fsp3) is 0.250. The molecule has 0 amide bonds. The van der Waals surface area contributed by atoms with Gasteiger partial charge >= 0.3 is 0 Å². The fourth-order valence-corrected chi connectivity index (χ4v) is 4.43. The summed E-state index contributed by atoms with van der Waals surface area (Å²) in [5.74, 6) is 0.499. The van der Waals surface area contributed by atoms with Gasteiger partial charge in [0.1, 0.15) is 0 Å². The molecule has 0 spiro atoms. The molecule has 3 heterocycles. The second-order valence-corrected chi connectivity index (χ2v) is 9.22. The van der Waals surface area contributed by atoms with Crippen molar-refractivity contribution in [3.63, 3.8) is 0 Å². The van der Waals surface area contributed by atoms with Gasteiger partial charge in [-0.2, -0.15) is 0 Å². The molecule has 2 N–H and O–H groups in total. The normalized spacial score (nSPS) is 14.7. The van der Waals surface area contributed by atoms with Gasteiger partial charge in [-0.3, -0.25) is 0 Å². The molecular formula is C24H27N7O2S. The lowest BCUT2D eigenvalue weighted by Crippen LogP contribution is -2.44. The van der Waals surface area contributed by atoms with Crippen molar-refractivity contribution in [1.82, 2.24) is 24.2 Å². The van der Waals surface area contributed by atoms with Crippen molar-refractivity contribution in [2.45, 2.75) is 6.54 Å². The lowest BCUT2D eigenvalue weighted by Gasteiger charge is -2.34. The topological polar surface area (TPSA) is 94.9 Å². The molecule has 0 atom stereocenters. The predicted octanol–water partition coefficient (Wildman–Crippen LogP) is 2.51. The number of thiol groups is 1. The minimum atomic E-state index is -2.63. The molecule has 1 saturated heterocycles. The van der Waals surface area contributed by atoms with E-state index in [4.69, 9.17) is 5.10 Å². The highest BCUT2D eigenvalue weighted by molar-refractivity contribution is 7.70. The third-order valence-electron chi connectivity index (χ3n) is 6.03. The van der Waals surface area contributed by atoms with E-state index in [2.05, 4.69) is 56.1 Å². The number of piperazine rings is 1. The summed E-state index contributed by atoms with van der Waals surface area (Å²) in [6.07, 6.45) is 1.78. The van der Waals surface area contributed by atoms with Gasteiger partial charge < -0.3 is 15.1 Å². The number of hydrogen-bond acceptors (Lipinski definition) is 7. The van der Waals surface area contributed by atoms with Gasteiger partial charge in [0.2, 0.25) is 16.8 Å². The van der Waals surface area contributed by atoms with Gasteiger partial charge in [-0.15, -0.1) is 5.10 Å². The molecule has 10 heteroatoms. The van der Waals surface area contributed by atoms with Crippen LogP contribution in [0.25, 0.3) is 16.8 Å². The molecule has 0 radical (unpaired) electrons. The van der Waals surface area contributed by atoms with Crippen LogP contribution in [0.4, 0.5) is 17.3 Å². The molecule has 1 aliphatic heterocycles. The van der Waals surface area contributed by atoms with Crippen molar-refractivity contribution < 1.29 is 8.42 Å². The second kappa shape index (κ2) is 9.80. The van der Waals surface area contributed by atoms with E-state index in [0.717, 1.165) is 54.2 Å². The lowest BCUT2D eigenvalue weighted by molar-refractivity contribution is 0.313. The van der Waals surface area contributed by atoms with Gasteiger partial charge in [0.25, 0.3) is 0 Å². The van der Waals surface area contributed by atoms with Gasteiger partial charge in [0, 0.05) is 49.7 Å². The Morgan fingerprint density at radius 2 is 1.76 bits per heavy atom. The monoisotopic (exact) mass is 477 g/mol. The molecule has 0 unspecified atom stereocenters. The van der Waals surface area contributed by atoms with E-state index in [0.29, 0.717) is 5.95 Å². The molecule has 0 aliphatic carbocycles. The predicted molar refractivity (Wildman–Crippen MR) is 135 cm³/mol. The Balaban J connectivity index is 1.35. The van der Waals surface area contributed by atoms with E-state index in [1.807, 2.05) is 40.9 Å². The maximum Gasteiger partial charge on any atom is 0.245 e. The standard InChI is InChI=1S/C24H27N7O2S/c1-29-11-13-30(14-12-29)21-7-5-20(6-8-21)27-24-25-17-22-9-10-23(31(22)28-24)19-4-2-3-18(15-19)16-26-34(32)33/h2-10,15,17,34H,11-14,16H2,1H3,(H,27,28)(H,26,32,33). The van der Waals surface area contributed by atoms with Crippen LogP contribution < -0.4 is 14.9 Å². The molecule has 1 aliphatic rings. The largest absolute Gasteiger partial charge is 0.369 e. The highest BCUT2D eigenvalue weighted by Crippen LogP contribution is 2.25. The maximum absolute atomic E-state index is 10.9. The molecule has 5 rings (SSSR count). The molecule has 2 aromatic heterocycles. The van der Waals surface area contributed by atoms with Crippen molar-refractivity contribution >= 4 is 33.7 Å². The Morgan fingerprint density at radius 1 is 0.971 bits per heavy atom. The van der Waals surface area contributed by atoms with Crippen molar-refractivity contribution in [2.75, 3.05) is 43.4 Å². The molecule has 176 valence electrons. The van der Waals surface area contributed by atoms with Gasteiger partial charge in [-0.25, -0.2) is 22.6 Å². The fourth-order valence-electron chi connectivity index (χ4n) is 4.12. The van der Waals surface area contributed by atoms with Gasteiger partial charge in [0.05, 0.1) is 17.4 Å². The van der Waals surface area contributed by atoms with Crippen LogP contribution in [0, 0.1) is 0 Å². The number of rotatable bonds is 7.